The number of nitrogens with zero attached hydrogens (tertiary/aromatic N) is 5. The van der Waals surface area contributed by atoms with E-state index in [1.54, 1.807) is 29.3 Å². The van der Waals surface area contributed by atoms with Crippen molar-refractivity contribution in [3.8, 4) is 28.8 Å². The average molecular weight is 465 g/mol. The van der Waals surface area contributed by atoms with Gasteiger partial charge in [0.15, 0.2) is 0 Å². The van der Waals surface area contributed by atoms with Crippen LogP contribution in [0, 0.1) is 17.1 Å². The zero-order chi connectivity index (χ0) is 24.4. The normalized spacial score (nSPS) is 15.1. The topological polar surface area (TPSA) is 92.0 Å². The smallest absolute Gasteiger partial charge is 0.245 e. The molecule has 1 amide bonds. The molecule has 0 spiro atoms. The van der Waals surface area contributed by atoms with E-state index in [0.29, 0.717) is 29.8 Å². The number of carbonyl (C=O) groups excluding carboxylic acids is 1. The van der Waals surface area contributed by atoms with Crippen molar-refractivity contribution < 1.29 is 13.9 Å². The lowest BCUT2D eigenvalue weighted by Gasteiger charge is -2.17. The van der Waals surface area contributed by atoms with E-state index in [-0.39, 0.29) is 23.5 Å². The van der Waals surface area contributed by atoms with Crippen molar-refractivity contribution in [3.63, 3.8) is 0 Å². The number of fused-ring (bicyclic) bond motifs is 1. The van der Waals surface area contributed by atoms with Gasteiger partial charge in [-0.25, -0.2) is 19.3 Å². The van der Waals surface area contributed by atoms with Gasteiger partial charge in [0, 0.05) is 54.5 Å². The lowest BCUT2D eigenvalue weighted by molar-refractivity contribution is -0.125. The zero-order valence-corrected chi connectivity index (χ0v) is 18.7. The lowest BCUT2D eigenvalue weighted by Crippen LogP contribution is -2.26. The van der Waals surface area contributed by atoms with E-state index in [2.05, 4.69) is 21.5 Å². The number of aromatic nitrogens is 3. The van der Waals surface area contributed by atoms with E-state index in [1.165, 1.54) is 30.7 Å². The molecule has 1 saturated heterocycles. The first-order valence-corrected chi connectivity index (χ1v) is 11.0. The number of likely N-dealkylation sites (tertiary alicyclic amines) is 1. The fourth-order valence-corrected chi connectivity index (χ4v) is 4.39. The SMILES string of the molecule is C=CC(=O)N1CCC(c2cc(-c3ccc(Oc4cc(C#N)ccn4)cc3F)cc3cncnc23)C1. The summed E-state index contributed by atoms with van der Waals surface area (Å²) in [6.07, 6.45) is 6.77. The van der Waals surface area contributed by atoms with Crippen LogP contribution < -0.4 is 4.74 Å². The number of benzene rings is 2. The quantitative estimate of drug-likeness (QED) is 0.385. The highest BCUT2D eigenvalue weighted by atomic mass is 19.1. The third-order valence-electron chi connectivity index (χ3n) is 6.09. The molecule has 3 heterocycles. The maximum Gasteiger partial charge on any atom is 0.245 e. The van der Waals surface area contributed by atoms with Crippen LogP contribution in [-0.2, 0) is 4.79 Å². The Kier molecular flexibility index (Phi) is 5.90. The summed E-state index contributed by atoms with van der Waals surface area (Å²) in [5.74, 6) is -0.0100. The van der Waals surface area contributed by atoms with Gasteiger partial charge in [-0.2, -0.15) is 5.26 Å². The number of halogens is 1. The molecule has 5 rings (SSSR count). The third kappa shape index (κ3) is 4.44. The maximum atomic E-state index is 15.3. The number of ether oxygens (including phenoxy) is 1. The Bertz CT molecular complexity index is 1500. The minimum absolute atomic E-state index is 0.0698. The summed E-state index contributed by atoms with van der Waals surface area (Å²) in [5.41, 5.74) is 3.24. The van der Waals surface area contributed by atoms with Crippen LogP contribution in [-0.4, -0.2) is 38.8 Å². The van der Waals surface area contributed by atoms with Crippen molar-refractivity contribution in [2.45, 2.75) is 12.3 Å². The highest BCUT2D eigenvalue weighted by Gasteiger charge is 2.28. The van der Waals surface area contributed by atoms with Gasteiger partial charge >= 0.3 is 0 Å². The molecule has 172 valence electrons. The summed E-state index contributed by atoms with van der Waals surface area (Å²) in [6.45, 7) is 4.76. The van der Waals surface area contributed by atoms with Crippen LogP contribution in [0.15, 0.2) is 73.8 Å². The number of amides is 1. The molecule has 1 atom stereocenters. The Hall–Kier alpha value is -4.64. The van der Waals surface area contributed by atoms with Gasteiger partial charge in [0.2, 0.25) is 11.8 Å². The van der Waals surface area contributed by atoms with Crippen molar-refractivity contribution in [1.29, 1.82) is 5.26 Å². The molecule has 0 saturated carbocycles. The van der Waals surface area contributed by atoms with Gasteiger partial charge in [0.25, 0.3) is 0 Å². The van der Waals surface area contributed by atoms with Gasteiger partial charge in [-0.1, -0.05) is 6.58 Å². The zero-order valence-electron chi connectivity index (χ0n) is 18.7. The molecule has 1 aliphatic heterocycles. The molecule has 1 aliphatic rings. The Morgan fingerprint density at radius 2 is 2.11 bits per heavy atom. The van der Waals surface area contributed by atoms with E-state index in [9.17, 15) is 4.79 Å². The molecule has 0 N–H and O–H groups in total. The van der Waals surface area contributed by atoms with Crippen LogP contribution in [0.1, 0.15) is 23.5 Å². The van der Waals surface area contributed by atoms with Crippen LogP contribution in [0.3, 0.4) is 0 Å². The Balaban J connectivity index is 1.49. The monoisotopic (exact) mass is 465 g/mol. The van der Waals surface area contributed by atoms with E-state index in [4.69, 9.17) is 10.00 Å². The van der Waals surface area contributed by atoms with Crippen LogP contribution in [0.5, 0.6) is 11.6 Å². The molecule has 7 nitrogen and oxygen atoms in total. The van der Waals surface area contributed by atoms with Gasteiger partial charge in [-0.3, -0.25) is 4.79 Å². The van der Waals surface area contributed by atoms with Crippen LogP contribution in [0.25, 0.3) is 22.0 Å². The molecule has 0 bridgehead atoms. The van der Waals surface area contributed by atoms with E-state index in [1.807, 2.05) is 18.2 Å². The minimum atomic E-state index is -0.462. The molecule has 1 unspecified atom stereocenters. The highest BCUT2D eigenvalue weighted by Crippen LogP contribution is 2.37. The second-order valence-electron chi connectivity index (χ2n) is 8.24. The molecular weight excluding hydrogens is 445 g/mol. The van der Waals surface area contributed by atoms with E-state index < -0.39 is 5.82 Å². The molecule has 0 aliphatic carbocycles. The van der Waals surface area contributed by atoms with Gasteiger partial charge < -0.3 is 9.64 Å². The summed E-state index contributed by atoms with van der Waals surface area (Å²) in [4.78, 5) is 26.5. The molecule has 2 aromatic heterocycles. The summed E-state index contributed by atoms with van der Waals surface area (Å²) in [7, 11) is 0. The summed E-state index contributed by atoms with van der Waals surface area (Å²) in [6, 6.07) is 13.5. The number of nitriles is 1. The predicted octanol–water partition coefficient (Wildman–Crippen LogP) is 5.00. The van der Waals surface area contributed by atoms with Crippen molar-refractivity contribution in [2.24, 2.45) is 0 Å². The molecular formula is C27H20FN5O2. The van der Waals surface area contributed by atoms with Crippen molar-refractivity contribution in [3.05, 3.63) is 90.8 Å². The van der Waals surface area contributed by atoms with Crippen LogP contribution in [0.4, 0.5) is 4.39 Å². The highest BCUT2D eigenvalue weighted by molar-refractivity contribution is 5.89. The first-order chi connectivity index (χ1) is 17.1. The fourth-order valence-electron chi connectivity index (χ4n) is 4.39. The van der Waals surface area contributed by atoms with Gasteiger partial charge in [0.05, 0.1) is 17.1 Å². The number of hydrogen-bond acceptors (Lipinski definition) is 6. The summed E-state index contributed by atoms with van der Waals surface area (Å²) >= 11 is 0. The second-order valence-corrected chi connectivity index (χ2v) is 8.24. The van der Waals surface area contributed by atoms with E-state index >= 15 is 4.39 Å². The van der Waals surface area contributed by atoms with Crippen molar-refractivity contribution in [2.75, 3.05) is 13.1 Å². The van der Waals surface area contributed by atoms with Crippen LogP contribution >= 0.6 is 0 Å². The van der Waals surface area contributed by atoms with Crippen molar-refractivity contribution >= 4 is 16.8 Å². The number of carbonyl (C=O) groups is 1. The first-order valence-electron chi connectivity index (χ1n) is 11.0. The molecule has 8 heteroatoms. The van der Waals surface area contributed by atoms with Gasteiger partial charge in [-0.05, 0) is 54.0 Å². The summed E-state index contributed by atoms with van der Waals surface area (Å²) in [5, 5.41) is 9.84. The van der Waals surface area contributed by atoms with Crippen LogP contribution in [0.2, 0.25) is 0 Å². The van der Waals surface area contributed by atoms with E-state index in [0.717, 1.165) is 22.9 Å². The maximum absolute atomic E-state index is 15.3. The Labute approximate surface area is 201 Å². The molecule has 1 fully saturated rings. The first kappa shape index (κ1) is 22.2. The third-order valence-corrected chi connectivity index (χ3v) is 6.09. The molecule has 0 radical (unpaired) electrons. The largest absolute Gasteiger partial charge is 0.439 e. The number of hydrogen-bond donors (Lipinski definition) is 0. The fraction of sp³-hybridized carbons (Fsp3) is 0.148. The molecule has 35 heavy (non-hydrogen) atoms. The van der Waals surface area contributed by atoms with Gasteiger partial charge in [-0.15, -0.1) is 0 Å². The number of pyridine rings is 1. The molecule has 4 aromatic rings. The minimum Gasteiger partial charge on any atom is -0.439 e. The summed E-state index contributed by atoms with van der Waals surface area (Å²) < 4.78 is 20.9. The lowest BCUT2D eigenvalue weighted by atomic mass is 9.91. The number of rotatable bonds is 5. The Morgan fingerprint density at radius 3 is 2.91 bits per heavy atom. The average Bonchev–Trinajstić information content (AvgIpc) is 3.38. The second kappa shape index (κ2) is 9.31. The standard InChI is InChI=1S/C27H20FN5O2/c1-2-26(34)33-8-6-18(15-33)23-11-19(10-20-14-30-16-32-27(20)23)22-4-3-21(12-24(22)28)35-25-9-17(13-29)5-7-31-25/h2-5,7,9-12,14,16,18H,1,6,8,15H2. The van der Waals surface area contributed by atoms with Crippen molar-refractivity contribution in [1.82, 2.24) is 19.9 Å². The predicted molar refractivity (Wildman–Crippen MR) is 128 cm³/mol. The Morgan fingerprint density at radius 1 is 1.23 bits per heavy atom. The van der Waals surface area contributed by atoms with Gasteiger partial charge in [0.1, 0.15) is 17.9 Å². The molecule has 2 aromatic carbocycles.